The van der Waals surface area contributed by atoms with Crippen molar-refractivity contribution < 1.29 is 19.7 Å². The number of nitrogens with zero attached hydrogens (tertiary/aromatic N) is 2. The molecule has 0 aliphatic rings. The van der Waals surface area contributed by atoms with Crippen molar-refractivity contribution in [1.82, 2.24) is 0 Å². The number of benzene rings is 2. The zero-order chi connectivity index (χ0) is 28.5. The minimum atomic E-state index is -0.988. The van der Waals surface area contributed by atoms with Crippen LogP contribution in [0.15, 0.2) is 68.6 Å². The van der Waals surface area contributed by atoms with E-state index in [1.807, 2.05) is 62.4 Å². The molecule has 0 aliphatic heterocycles. The van der Waals surface area contributed by atoms with Crippen LogP contribution in [0.25, 0.3) is 0 Å². The van der Waals surface area contributed by atoms with Gasteiger partial charge in [0.05, 0.1) is 0 Å². The second-order valence-corrected chi connectivity index (χ2v) is 15.6. The Balaban J connectivity index is 2.24. The standard InChI is InChI=1S/C30H46N2O4S2/c1-27(2,3)37-25-15-11-23(12-16-25)35-29(7,19-9-21-33)31-32-30(8,20-10-22-34)36-24-13-17-26(18-14-24)38-28(4,5)6/h11-18,33-34H,9-10,19-22H2,1-8H3/b32-31+. The van der Waals surface area contributed by atoms with Gasteiger partial charge in [-0.25, -0.2) is 0 Å². The molecule has 2 N–H and O–H groups in total. The van der Waals surface area contributed by atoms with Crippen LogP contribution in [0.5, 0.6) is 11.5 Å². The molecule has 0 aromatic heterocycles. The number of aliphatic hydroxyl groups is 2. The predicted octanol–water partition coefficient (Wildman–Crippen LogP) is 8.36. The highest BCUT2D eigenvalue weighted by Gasteiger charge is 2.31. The Morgan fingerprint density at radius 1 is 0.579 bits per heavy atom. The predicted molar refractivity (Wildman–Crippen MR) is 160 cm³/mol. The van der Waals surface area contributed by atoms with Crippen LogP contribution in [0.2, 0.25) is 0 Å². The van der Waals surface area contributed by atoms with Gasteiger partial charge in [-0.1, -0.05) is 41.5 Å². The van der Waals surface area contributed by atoms with Crippen molar-refractivity contribution >= 4 is 23.5 Å². The first-order valence-corrected chi connectivity index (χ1v) is 14.9. The van der Waals surface area contributed by atoms with Gasteiger partial charge in [0.2, 0.25) is 11.4 Å². The number of thioether (sulfide) groups is 2. The molecule has 6 nitrogen and oxygen atoms in total. The molecule has 0 saturated heterocycles. The monoisotopic (exact) mass is 562 g/mol. The third kappa shape index (κ3) is 12.4. The molecule has 8 heteroatoms. The lowest BCUT2D eigenvalue weighted by molar-refractivity contribution is 0.0357. The largest absolute Gasteiger partial charge is 0.465 e. The van der Waals surface area contributed by atoms with Gasteiger partial charge >= 0.3 is 0 Å². The third-order valence-corrected chi connectivity index (χ3v) is 7.48. The molecule has 2 unspecified atom stereocenters. The van der Waals surface area contributed by atoms with Crippen molar-refractivity contribution in [2.24, 2.45) is 10.2 Å². The van der Waals surface area contributed by atoms with E-state index >= 15 is 0 Å². The smallest absolute Gasteiger partial charge is 0.216 e. The van der Waals surface area contributed by atoms with Crippen molar-refractivity contribution in [2.45, 2.75) is 112 Å². The average Bonchev–Trinajstić information content (AvgIpc) is 2.81. The van der Waals surface area contributed by atoms with Gasteiger partial charge in [-0.05, 0) is 75.2 Å². The summed E-state index contributed by atoms with van der Waals surface area (Å²) in [6.45, 7) is 16.9. The van der Waals surface area contributed by atoms with Gasteiger partial charge in [0.15, 0.2) is 0 Å². The van der Waals surface area contributed by atoms with Gasteiger partial charge < -0.3 is 19.7 Å². The Labute approximate surface area is 238 Å². The van der Waals surface area contributed by atoms with E-state index in [-0.39, 0.29) is 22.7 Å². The number of hydrogen-bond acceptors (Lipinski definition) is 8. The van der Waals surface area contributed by atoms with E-state index in [0.717, 1.165) is 0 Å². The molecule has 2 aromatic rings. The maximum Gasteiger partial charge on any atom is 0.216 e. The van der Waals surface area contributed by atoms with Gasteiger partial charge in [-0.3, -0.25) is 0 Å². The molecule has 0 bridgehead atoms. The van der Waals surface area contributed by atoms with Crippen LogP contribution in [-0.4, -0.2) is 44.4 Å². The Morgan fingerprint density at radius 2 is 0.895 bits per heavy atom. The van der Waals surface area contributed by atoms with Gasteiger partial charge in [0, 0.05) is 45.3 Å². The number of aliphatic hydroxyl groups excluding tert-OH is 2. The second-order valence-electron chi connectivity index (χ2n) is 11.8. The number of hydrogen-bond donors (Lipinski definition) is 2. The van der Waals surface area contributed by atoms with E-state index in [2.05, 4.69) is 51.8 Å². The van der Waals surface area contributed by atoms with Crippen LogP contribution in [0.4, 0.5) is 0 Å². The molecule has 0 saturated carbocycles. The molecule has 2 aromatic carbocycles. The van der Waals surface area contributed by atoms with Crippen LogP contribution in [-0.2, 0) is 0 Å². The molecule has 212 valence electrons. The topological polar surface area (TPSA) is 83.6 Å². The molecule has 0 fully saturated rings. The van der Waals surface area contributed by atoms with Crippen molar-refractivity contribution in [3.8, 4) is 11.5 Å². The quantitative estimate of drug-likeness (QED) is 0.178. The van der Waals surface area contributed by atoms with E-state index in [1.165, 1.54) is 9.79 Å². The maximum atomic E-state index is 9.49. The van der Waals surface area contributed by atoms with Crippen LogP contribution < -0.4 is 9.47 Å². The van der Waals surface area contributed by atoms with Crippen molar-refractivity contribution in [3.05, 3.63) is 48.5 Å². The van der Waals surface area contributed by atoms with Crippen LogP contribution >= 0.6 is 23.5 Å². The zero-order valence-electron chi connectivity index (χ0n) is 24.3. The van der Waals surface area contributed by atoms with E-state index < -0.39 is 11.4 Å². The molecule has 38 heavy (non-hydrogen) atoms. The van der Waals surface area contributed by atoms with Crippen LogP contribution in [0.3, 0.4) is 0 Å². The van der Waals surface area contributed by atoms with E-state index in [1.54, 1.807) is 23.5 Å². The molecule has 0 spiro atoms. The molecule has 0 aliphatic carbocycles. The van der Waals surface area contributed by atoms with E-state index in [4.69, 9.17) is 9.47 Å². The lowest BCUT2D eigenvalue weighted by atomic mass is 10.1. The van der Waals surface area contributed by atoms with Gasteiger partial charge in [-0.15, -0.1) is 33.8 Å². The Kier molecular flexibility index (Phi) is 12.0. The molecule has 0 heterocycles. The van der Waals surface area contributed by atoms with Crippen molar-refractivity contribution in [3.63, 3.8) is 0 Å². The van der Waals surface area contributed by atoms with Crippen molar-refractivity contribution in [1.29, 1.82) is 0 Å². The maximum absolute atomic E-state index is 9.49. The summed E-state index contributed by atoms with van der Waals surface area (Å²) in [5.41, 5.74) is -1.98. The highest BCUT2D eigenvalue weighted by atomic mass is 32.2. The van der Waals surface area contributed by atoms with Gasteiger partial charge in [0.25, 0.3) is 0 Å². The van der Waals surface area contributed by atoms with Crippen LogP contribution in [0, 0.1) is 0 Å². The lowest BCUT2D eigenvalue weighted by Crippen LogP contribution is -2.34. The van der Waals surface area contributed by atoms with E-state index in [0.29, 0.717) is 37.2 Å². The summed E-state index contributed by atoms with van der Waals surface area (Å²) in [4.78, 5) is 2.33. The summed E-state index contributed by atoms with van der Waals surface area (Å²) in [7, 11) is 0. The first-order valence-electron chi connectivity index (χ1n) is 13.3. The fourth-order valence-corrected chi connectivity index (χ4v) is 5.59. The number of ether oxygens (including phenoxy) is 2. The minimum Gasteiger partial charge on any atom is -0.465 e. The fraction of sp³-hybridized carbons (Fsp3) is 0.600. The first kappa shape index (κ1) is 32.5. The molecular weight excluding hydrogens is 516 g/mol. The third-order valence-electron chi connectivity index (χ3n) is 5.24. The summed E-state index contributed by atoms with van der Waals surface area (Å²) >= 11 is 3.60. The molecule has 2 atom stereocenters. The summed E-state index contributed by atoms with van der Waals surface area (Å²) < 4.78 is 12.9. The van der Waals surface area contributed by atoms with Crippen molar-refractivity contribution in [2.75, 3.05) is 13.2 Å². The SMILES string of the molecule is CC(CCCO)(/N=N/C(C)(CCCO)Oc1ccc(SC(C)(C)C)cc1)Oc1ccc(SC(C)(C)C)cc1. The summed E-state index contributed by atoms with van der Waals surface area (Å²) in [6, 6.07) is 16.0. The number of azo groups is 1. The van der Waals surface area contributed by atoms with Crippen LogP contribution in [0.1, 0.15) is 81.1 Å². The Hall–Kier alpha value is -1.74. The Bertz CT molecular complexity index is 919. The summed E-state index contributed by atoms with van der Waals surface area (Å²) in [5, 5.41) is 28.2. The summed E-state index contributed by atoms with van der Waals surface area (Å²) in [5.74, 6) is 1.38. The molecule has 2 rings (SSSR count). The normalized spacial score (nSPS) is 15.7. The molecule has 0 amide bonds. The molecule has 0 radical (unpaired) electrons. The lowest BCUT2D eigenvalue weighted by Gasteiger charge is -2.30. The van der Waals surface area contributed by atoms with Gasteiger partial charge in [0.1, 0.15) is 11.5 Å². The summed E-state index contributed by atoms with van der Waals surface area (Å²) in [6.07, 6.45) is 2.02. The number of rotatable bonds is 14. The fourth-order valence-electron chi connectivity index (χ4n) is 3.63. The zero-order valence-corrected chi connectivity index (χ0v) is 25.9. The average molecular weight is 563 g/mol. The van der Waals surface area contributed by atoms with Gasteiger partial charge in [-0.2, -0.15) is 0 Å². The second kappa shape index (κ2) is 14.1. The minimum absolute atomic E-state index is 0.0346. The highest BCUT2D eigenvalue weighted by Crippen LogP contribution is 2.35. The Morgan fingerprint density at radius 3 is 1.16 bits per heavy atom. The molecular formula is C30H46N2O4S2. The van der Waals surface area contributed by atoms with E-state index in [9.17, 15) is 10.2 Å². The highest BCUT2D eigenvalue weighted by molar-refractivity contribution is 8.00. The first-order chi connectivity index (χ1) is 17.6.